The summed E-state index contributed by atoms with van der Waals surface area (Å²) in [6, 6.07) is 6.54. The lowest BCUT2D eigenvalue weighted by Crippen LogP contribution is -2.40. The van der Waals surface area contributed by atoms with Crippen molar-refractivity contribution in [3.05, 3.63) is 28.8 Å². The maximum absolute atomic E-state index is 9.44. The minimum Gasteiger partial charge on any atom is -0.395 e. The summed E-state index contributed by atoms with van der Waals surface area (Å²) in [4.78, 5) is 1.31. The number of thioether (sulfide) groups is 1. The van der Waals surface area contributed by atoms with Crippen LogP contribution >= 0.6 is 23.4 Å². The molecule has 4 heteroatoms. The molecule has 0 saturated heterocycles. The normalized spacial score (nSPS) is 20.8. The standard InChI is InChI=1S/C14H20ClNOS/c1-9(2)13(8-17)16-12-5-6-18-14-4-3-10(15)7-11(12)14/h3-4,7,9,12-13,16-17H,5-6,8H2,1-2H3/t12?,13-/m1/s1. The number of benzene rings is 1. The van der Waals surface area contributed by atoms with E-state index in [1.807, 2.05) is 17.8 Å². The highest BCUT2D eigenvalue weighted by Crippen LogP contribution is 2.37. The fourth-order valence-electron chi connectivity index (χ4n) is 2.25. The second-order valence-corrected chi connectivity index (χ2v) is 6.64. The van der Waals surface area contributed by atoms with Gasteiger partial charge in [-0.1, -0.05) is 25.4 Å². The number of hydrogen-bond acceptors (Lipinski definition) is 3. The zero-order chi connectivity index (χ0) is 13.1. The molecule has 0 bridgehead atoms. The Labute approximate surface area is 118 Å². The molecule has 2 N–H and O–H groups in total. The zero-order valence-electron chi connectivity index (χ0n) is 10.8. The summed E-state index contributed by atoms with van der Waals surface area (Å²) in [5.41, 5.74) is 1.28. The highest BCUT2D eigenvalue weighted by atomic mass is 35.5. The summed E-state index contributed by atoms with van der Waals surface area (Å²) < 4.78 is 0. The van der Waals surface area contributed by atoms with Crippen LogP contribution in [0.2, 0.25) is 5.02 Å². The largest absolute Gasteiger partial charge is 0.395 e. The smallest absolute Gasteiger partial charge is 0.0587 e. The van der Waals surface area contributed by atoms with Gasteiger partial charge in [0, 0.05) is 22.0 Å². The van der Waals surface area contributed by atoms with E-state index >= 15 is 0 Å². The van der Waals surface area contributed by atoms with Crippen molar-refractivity contribution in [2.24, 2.45) is 5.92 Å². The van der Waals surface area contributed by atoms with E-state index in [4.69, 9.17) is 11.6 Å². The van der Waals surface area contributed by atoms with Gasteiger partial charge in [0.1, 0.15) is 0 Å². The highest BCUT2D eigenvalue weighted by Gasteiger charge is 2.24. The van der Waals surface area contributed by atoms with Gasteiger partial charge in [-0.3, -0.25) is 0 Å². The van der Waals surface area contributed by atoms with Crippen molar-refractivity contribution in [1.82, 2.24) is 5.32 Å². The van der Waals surface area contributed by atoms with E-state index in [1.165, 1.54) is 10.5 Å². The molecule has 0 fully saturated rings. The van der Waals surface area contributed by atoms with Gasteiger partial charge in [-0.15, -0.1) is 11.8 Å². The quantitative estimate of drug-likeness (QED) is 0.888. The average Bonchev–Trinajstić information content (AvgIpc) is 2.35. The van der Waals surface area contributed by atoms with E-state index in [-0.39, 0.29) is 12.6 Å². The van der Waals surface area contributed by atoms with Crippen molar-refractivity contribution >= 4 is 23.4 Å². The summed E-state index contributed by atoms with van der Waals surface area (Å²) in [5, 5.41) is 13.8. The van der Waals surface area contributed by atoms with E-state index in [1.54, 1.807) is 0 Å². The van der Waals surface area contributed by atoms with Gasteiger partial charge in [0.2, 0.25) is 0 Å². The number of nitrogens with one attached hydrogen (secondary N) is 1. The maximum Gasteiger partial charge on any atom is 0.0587 e. The molecule has 1 aliphatic rings. The first kappa shape index (κ1) is 14.2. The minimum atomic E-state index is 0.143. The van der Waals surface area contributed by atoms with Crippen LogP contribution < -0.4 is 5.32 Å². The van der Waals surface area contributed by atoms with Crippen molar-refractivity contribution in [3.63, 3.8) is 0 Å². The van der Waals surface area contributed by atoms with Gasteiger partial charge in [0.15, 0.2) is 0 Å². The van der Waals surface area contributed by atoms with Crippen LogP contribution in [0.25, 0.3) is 0 Å². The molecule has 2 rings (SSSR count). The molecule has 100 valence electrons. The molecule has 0 spiro atoms. The fourth-order valence-corrected chi connectivity index (χ4v) is 3.54. The van der Waals surface area contributed by atoms with Crippen molar-refractivity contribution in [2.45, 2.75) is 37.2 Å². The fraction of sp³-hybridized carbons (Fsp3) is 0.571. The number of fused-ring (bicyclic) bond motifs is 1. The Morgan fingerprint density at radius 2 is 2.28 bits per heavy atom. The van der Waals surface area contributed by atoms with Crippen molar-refractivity contribution < 1.29 is 5.11 Å². The Morgan fingerprint density at radius 3 is 2.94 bits per heavy atom. The molecule has 1 aromatic carbocycles. The van der Waals surface area contributed by atoms with Gasteiger partial charge in [0.05, 0.1) is 6.61 Å². The van der Waals surface area contributed by atoms with Crippen LogP contribution in [0.3, 0.4) is 0 Å². The predicted molar refractivity (Wildman–Crippen MR) is 78.4 cm³/mol. The molecule has 2 atom stereocenters. The second-order valence-electron chi connectivity index (χ2n) is 5.07. The van der Waals surface area contributed by atoms with Gasteiger partial charge in [-0.2, -0.15) is 0 Å². The van der Waals surface area contributed by atoms with Crippen molar-refractivity contribution in [2.75, 3.05) is 12.4 Å². The first-order valence-electron chi connectivity index (χ1n) is 6.41. The van der Waals surface area contributed by atoms with Crippen LogP contribution in [0.1, 0.15) is 31.9 Å². The molecule has 18 heavy (non-hydrogen) atoms. The molecule has 0 amide bonds. The Morgan fingerprint density at radius 1 is 1.50 bits per heavy atom. The third-order valence-electron chi connectivity index (χ3n) is 3.43. The van der Waals surface area contributed by atoms with Gasteiger partial charge >= 0.3 is 0 Å². The number of rotatable bonds is 4. The molecular weight excluding hydrogens is 266 g/mol. The molecule has 1 heterocycles. The summed E-state index contributed by atoms with van der Waals surface area (Å²) in [7, 11) is 0. The van der Waals surface area contributed by atoms with Crippen molar-refractivity contribution in [3.8, 4) is 0 Å². The number of aliphatic hydroxyl groups excluding tert-OH is 1. The third-order valence-corrected chi connectivity index (χ3v) is 4.79. The third kappa shape index (κ3) is 3.21. The van der Waals surface area contributed by atoms with E-state index in [2.05, 4.69) is 31.3 Å². The van der Waals surface area contributed by atoms with Crippen molar-refractivity contribution in [1.29, 1.82) is 0 Å². The summed E-state index contributed by atoms with van der Waals surface area (Å²) >= 11 is 7.97. The SMILES string of the molecule is CC(C)[C@@H](CO)NC1CCSc2ccc(Cl)cc21. The number of hydrogen-bond donors (Lipinski definition) is 2. The van der Waals surface area contributed by atoms with E-state index in [0.29, 0.717) is 12.0 Å². The number of halogens is 1. The van der Waals surface area contributed by atoms with E-state index in [0.717, 1.165) is 17.2 Å². The van der Waals surface area contributed by atoms with Crippen LogP contribution in [0, 0.1) is 5.92 Å². The first-order chi connectivity index (χ1) is 8.61. The molecule has 0 aromatic heterocycles. The monoisotopic (exact) mass is 285 g/mol. The lowest BCUT2D eigenvalue weighted by molar-refractivity contribution is 0.197. The molecule has 1 unspecified atom stereocenters. The topological polar surface area (TPSA) is 32.3 Å². The second kappa shape index (κ2) is 6.29. The zero-order valence-corrected chi connectivity index (χ0v) is 12.4. The summed E-state index contributed by atoms with van der Waals surface area (Å²) in [5.74, 6) is 1.54. The van der Waals surface area contributed by atoms with Crippen LogP contribution in [0.5, 0.6) is 0 Å². The lowest BCUT2D eigenvalue weighted by Gasteiger charge is -2.31. The summed E-state index contributed by atoms with van der Waals surface area (Å²) in [6.45, 7) is 4.44. The Balaban J connectivity index is 2.19. The lowest BCUT2D eigenvalue weighted by atomic mass is 9.99. The average molecular weight is 286 g/mol. The Hall–Kier alpha value is -0.220. The van der Waals surface area contributed by atoms with Gasteiger partial charge in [-0.25, -0.2) is 0 Å². The van der Waals surface area contributed by atoms with Crippen LogP contribution in [0.15, 0.2) is 23.1 Å². The van der Waals surface area contributed by atoms with Crippen LogP contribution in [-0.4, -0.2) is 23.5 Å². The minimum absolute atomic E-state index is 0.143. The number of aliphatic hydroxyl groups is 1. The van der Waals surface area contributed by atoms with Crippen LogP contribution in [-0.2, 0) is 0 Å². The first-order valence-corrected chi connectivity index (χ1v) is 7.77. The van der Waals surface area contributed by atoms with Crippen LogP contribution in [0.4, 0.5) is 0 Å². The highest BCUT2D eigenvalue weighted by molar-refractivity contribution is 7.99. The van der Waals surface area contributed by atoms with Gasteiger partial charge in [-0.05, 0) is 41.9 Å². The molecule has 2 nitrogen and oxygen atoms in total. The van der Waals surface area contributed by atoms with Gasteiger partial charge < -0.3 is 10.4 Å². The Bertz CT molecular complexity index is 411. The predicted octanol–water partition coefficient (Wildman–Crippen LogP) is 3.48. The maximum atomic E-state index is 9.44. The Kier molecular flexibility index (Phi) is 4.96. The van der Waals surface area contributed by atoms with E-state index < -0.39 is 0 Å². The summed E-state index contributed by atoms with van der Waals surface area (Å²) in [6.07, 6.45) is 1.08. The van der Waals surface area contributed by atoms with E-state index in [9.17, 15) is 5.11 Å². The molecule has 0 radical (unpaired) electrons. The molecule has 0 aliphatic carbocycles. The molecular formula is C14H20ClNOS. The van der Waals surface area contributed by atoms with Gasteiger partial charge in [0.25, 0.3) is 0 Å². The molecule has 0 saturated carbocycles. The molecule has 1 aliphatic heterocycles. The molecule has 1 aromatic rings.